The number of aromatic nitrogens is 2. The maximum atomic E-state index is 13.3. The normalized spacial score (nSPS) is 11.2. The summed E-state index contributed by atoms with van der Waals surface area (Å²) in [7, 11) is 0. The molecule has 0 unspecified atom stereocenters. The van der Waals surface area contributed by atoms with E-state index >= 15 is 0 Å². The van der Waals surface area contributed by atoms with E-state index in [0.29, 0.717) is 17.6 Å². The Balaban J connectivity index is 1.95. The van der Waals surface area contributed by atoms with Crippen molar-refractivity contribution < 1.29 is 13.9 Å². The summed E-state index contributed by atoms with van der Waals surface area (Å²) in [6.07, 6.45) is 1.56. The Hall–Kier alpha value is -2.27. The van der Waals surface area contributed by atoms with Crippen LogP contribution in [0.25, 0.3) is 11.0 Å². The van der Waals surface area contributed by atoms with Crippen LogP contribution in [-0.4, -0.2) is 14.7 Å². The molecule has 0 saturated carbocycles. The van der Waals surface area contributed by atoms with E-state index in [1.54, 1.807) is 10.9 Å². The summed E-state index contributed by atoms with van der Waals surface area (Å²) < 4.78 is 28.2. The highest BCUT2D eigenvalue weighted by Gasteiger charge is 2.09. The number of imidazole rings is 1. The Bertz CT molecular complexity index is 750. The fourth-order valence-electron chi connectivity index (χ4n) is 2.13. The van der Waals surface area contributed by atoms with Crippen molar-refractivity contribution in [2.75, 3.05) is 0 Å². The molecule has 0 aliphatic carbocycles. The van der Waals surface area contributed by atoms with Crippen LogP contribution in [0.5, 0.6) is 0 Å². The molecule has 0 aliphatic heterocycles. The number of hydrogen-bond donors (Lipinski definition) is 1. The van der Waals surface area contributed by atoms with E-state index in [2.05, 4.69) is 4.98 Å². The number of benzene rings is 2. The number of nitrogens with zero attached hydrogens (tertiary/aromatic N) is 2. The van der Waals surface area contributed by atoms with Crippen LogP contribution in [0.4, 0.5) is 8.78 Å². The first kappa shape index (κ1) is 12.7. The molecule has 1 N–H and O–H groups in total. The predicted octanol–water partition coefficient (Wildman–Crippen LogP) is 2.86. The molecular weight excluding hydrogens is 262 g/mol. The minimum absolute atomic E-state index is 0.00122. The quantitative estimate of drug-likeness (QED) is 0.797. The van der Waals surface area contributed by atoms with Crippen LogP contribution in [0.15, 0.2) is 42.7 Å². The standard InChI is InChI=1S/C15H12F2N2O/c16-12-5-14-15(6-13(12)17)19(9-18-14)7-10-1-3-11(8-20)4-2-10/h1-6,9,20H,7-8H2. The number of aliphatic hydroxyl groups excluding tert-OH is 1. The summed E-state index contributed by atoms with van der Waals surface area (Å²) in [4.78, 5) is 4.07. The molecule has 0 fully saturated rings. The SMILES string of the molecule is OCc1ccc(Cn2cnc3cc(F)c(F)cc32)cc1. The Morgan fingerprint density at radius 3 is 2.35 bits per heavy atom. The summed E-state index contributed by atoms with van der Waals surface area (Å²) in [6.45, 7) is 0.506. The van der Waals surface area contributed by atoms with Crippen molar-refractivity contribution >= 4 is 11.0 Å². The maximum Gasteiger partial charge on any atom is 0.161 e. The van der Waals surface area contributed by atoms with Crippen LogP contribution in [0, 0.1) is 11.6 Å². The highest BCUT2D eigenvalue weighted by Crippen LogP contribution is 2.18. The zero-order chi connectivity index (χ0) is 14.1. The molecule has 0 aliphatic rings. The predicted molar refractivity (Wildman–Crippen MR) is 71.1 cm³/mol. The summed E-state index contributed by atoms with van der Waals surface area (Å²) in [5.41, 5.74) is 2.80. The van der Waals surface area contributed by atoms with Gasteiger partial charge in [-0.1, -0.05) is 24.3 Å². The first-order valence-electron chi connectivity index (χ1n) is 6.16. The Labute approximate surface area is 114 Å². The van der Waals surface area contributed by atoms with Crippen molar-refractivity contribution in [1.29, 1.82) is 0 Å². The zero-order valence-electron chi connectivity index (χ0n) is 10.6. The molecule has 0 amide bonds. The summed E-state index contributed by atoms with van der Waals surface area (Å²) in [5.74, 6) is -1.77. The van der Waals surface area contributed by atoms with Crippen LogP contribution in [0.1, 0.15) is 11.1 Å². The molecule has 5 heteroatoms. The van der Waals surface area contributed by atoms with Gasteiger partial charge < -0.3 is 9.67 Å². The third-order valence-corrected chi connectivity index (χ3v) is 3.22. The average Bonchev–Trinajstić information content (AvgIpc) is 2.83. The number of halogens is 2. The number of fused-ring (bicyclic) bond motifs is 1. The van der Waals surface area contributed by atoms with E-state index in [1.807, 2.05) is 24.3 Å². The number of hydrogen-bond acceptors (Lipinski definition) is 2. The van der Waals surface area contributed by atoms with Gasteiger partial charge in [-0.05, 0) is 11.1 Å². The number of rotatable bonds is 3. The van der Waals surface area contributed by atoms with E-state index in [4.69, 9.17) is 5.11 Å². The fourth-order valence-corrected chi connectivity index (χ4v) is 2.13. The summed E-state index contributed by atoms with van der Waals surface area (Å²) in [5, 5.41) is 8.99. The Morgan fingerprint density at radius 1 is 1.00 bits per heavy atom. The molecule has 0 bridgehead atoms. The molecular formula is C15H12F2N2O. The third kappa shape index (κ3) is 2.28. The van der Waals surface area contributed by atoms with E-state index in [-0.39, 0.29) is 6.61 Å². The molecule has 102 valence electrons. The van der Waals surface area contributed by atoms with Gasteiger partial charge in [-0.2, -0.15) is 0 Å². The maximum absolute atomic E-state index is 13.3. The van der Waals surface area contributed by atoms with Gasteiger partial charge in [0.05, 0.1) is 24.0 Å². The van der Waals surface area contributed by atoms with E-state index in [1.165, 1.54) is 0 Å². The van der Waals surface area contributed by atoms with Crippen LogP contribution >= 0.6 is 0 Å². The highest BCUT2D eigenvalue weighted by molar-refractivity contribution is 5.75. The van der Waals surface area contributed by atoms with Crippen LogP contribution in [0.2, 0.25) is 0 Å². The number of aliphatic hydroxyl groups is 1. The zero-order valence-corrected chi connectivity index (χ0v) is 10.6. The molecule has 3 nitrogen and oxygen atoms in total. The van der Waals surface area contributed by atoms with Crippen molar-refractivity contribution in [2.24, 2.45) is 0 Å². The topological polar surface area (TPSA) is 38.0 Å². The molecule has 2 aromatic carbocycles. The lowest BCUT2D eigenvalue weighted by atomic mass is 10.1. The largest absolute Gasteiger partial charge is 0.392 e. The van der Waals surface area contributed by atoms with Gasteiger partial charge in [0.25, 0.3) is 0 Å². The molecule has 0 saturated heterocycles. The van der Waals surface area contributed by atoms with Crippen LogP contribution in [-0.2, 0) is 13.2 Å². The summed E-state index contributed by atoms with van der Waals surface area (Å²) >= 11 is 0. The van der Waals surface area contributed by atoms with Crippen molar-refractivity contribution in [1.82, 2.24) is 9.55 Å². The minimum atomic E-state index is -0.893. The second-order valence-electron chi connectivity index (χ2n) is 4.60. The second kappa shape index (κ2) is 5.02. The smallest absolute Gasteiger partial charge is 0.161 e. The summed E-state index contributed by atoms with van der Waals surface area (Å²) in [6, 6.07) is 9.67. The lowest BCUT2D eigenvalue weighted by Crippen LogP contribution is -1.99. The van der Waals surface area contributed by atoms with Gasteiger partial charge in [-0.25, -0.2) is 13.8 Å². The molecule has 1 aromatic heterocycles. The Morgan fingerprint density at radius 2 is 1.65 bits per heavy atom. The second-order valence-corrected chi connectivity index (χ2v) is 4.60. The monoisotopic (exact) mass is 274 g/mol. The van der Waals surface area contributed by atoms with Gasteiger partial charge in [0.1, 0.15) is 0 Å². The van der Waals surface area contributed by atoms with Crippen molar-refractivity contribution in [2.45, 2.75) is 13.2 Å². The first-order chi connectivity index (χ1) is 9.67. The van der Waals surface area contributed by atoms with Crippen molar-refractivity contribution in [3.63, 3.8) is 0 Å². The molecule has 1 heterocycles. The van der Waals surface area contributed by atoms with Gasteiger partial charge in [-0.3, -0.25) is 0 Å². The molecule has 0 atom stereocenters. The van der Waals surface area contributed by atoms with Gasteiger partial charge in [0, 0.05) is 18.7 Å². The van der Waals surface area contributed by atoms with E-state index in [0.717, 1.165) is 23.3 Å². The van der Waals surface area contributed by atoms with Gasteiger partial charge in [-0.15, -0.1) is 0 Å². The molecule has 0 spiro atoms. The lowest BCUT2D eigenvalue weighted by Gasteiger charge is -2.06. The highest BCUT2D eigenvalue weighted by atomic mass is 19.2. The minimum Gasteiger partial charge on any atom is -0.392 e. The van der Waals surface area contributed by atoms with Crippen molar-refractivity contribution in [3.05, 3.63) is 65.5 Å². The van der Waals surface area contributed by atoms with Crippen LogP contribution < -0.4 is 0 Å². The average molecular weight is 274 g/mol. The molecule has 20 heavy (non-hydrogen) atoms. The molecule has 3 rings (SSSR count). The molecule has 0 radical (unpaired) electrons. The van der Waals surface area contributed by atoms with Gasteiger partial charge >= 0.3 is 0 Å². The third-order valence-electron chi connectivity index (χ3n) is 3.22. The van der Waals surface area contributed by atoms with Gasteiger partial charge in [0.15, 0.2) is 11.6 Å². The van der Waals surface area contributed by atoms with E-state index in [9.17, 15) is 8.78 Å². The Kier molecular flexibility index (Phi) is 3.20. The lowest BCUT2D eigenvalue weighted by molar-refractivity contribution is 0.282. The van der Waals surface area contributed by atoms with Crippen molar-refractivity contribution in [3.8, 4) is 0 Å². The fraction of sp³-hybridized carbons (Fsp3) is 0.133. The van der Waals surface area contributed by atoms with Gasteiger partial charge in [0.2, 0.25) is 0 Å². The first-order valence-corrected chi connectivity index (χ1v) is 6.16. The van der Waals surface area contributed by atoms with Crippen LogP contribution in [0.3, 0.4) is 0 Å². The van der Waals surface area contributed by atoms with E-state index < -0.39 is 11.6 Å². The molecule has 3 aromatic rings.